The molecule has 7 heteroatoms. The topological polar surface area (TPSA) is 76.6 Å². The molecule has 1 aromatic carbocycles. The van der Waals surface area contributed by atoms with E-state index in [4.69, 9.17) is 9.47 Å². The number of carbonyl (C=O) groups is 1. The number of anilines is 1. The summed E-state index contributed by atoms with van der Waals surface area (Å²) in [5.41, 5.74) is 3.16. The molecule has 0 saturated carbocycles. The van der Waals surface area contributed by atoms with Crippen LogP contribution in [0.1, 0.15) is 17.5 Å². The normalized spacial score (nSPS) is 16.6. The quantitative estimate of drug-likeness (QED) is 0.924. The minimum Gasteiger partial charge on any atom is -0.480 e. The Kier molecular flexibility index (Phi) is 5.02. The molecule has 1 aliphatic heterocycles. The van der Waals surface area contributed by atoms with Crippen LogP contribution >= 0.6 is 0 Å². The van der Waals surface area contributed by atoms with Crippen LogP contribution in [0.2, 0.25) is 0 Å². The molecule has 1 unspecified atom stereocenters. The fourth-order valence-corrected chi connectivity index (χ4v) is 2.68. The second-order valence-corrected chi connectivity index (χ2v) is 6.12. The molecule has 7 nitrogen and oxygen atoms in total. The van der Waals surface area contributed by atoms with Gasteiger partial charge in [-0.15, -0.1) is 10.2 Å². The highest BCUT2D eigenvalue weighted by molar-refractivity contribution is 5.89. The van der Waals surface area contributed by atoms with Gasteiger partial charge in [0.2, 0.25) is 11.8 Å². The number of likely N-dealkylation sites (tertiary alicyclic amines) is 1. The van der Waals surface area contributed by atoms with Gasteiger partial charge >= 0.3 is 6.03 Å². The second-order valence-electron chi connectivity index (χ2n) is 6.12. The van der Waals surface area contributed by atoms with E-state index in [9.17, 15) is 4.79 Å². The number of amides is 2. The van der Waals surface area contributed by atoms with Crippen LogP contribution in [0.5, 0.6) is 11.8 Å². The van der Waals surface area contributed by atoms with Crippen LogP contribution in [0.3, 0.4) is 0 Å². The van der Waals surface area contributed by atoms with E-state index in [1.165, 1.54) is 12.7 Å². The van der Waals surface area contributed by atoms with Gasteiger partial charge in [-0.3, -0.25) is 0 Å². The monoisotopic (exact) mass is 342 g/mol. The predicted molar refractivity (Wildman–Crippen MR) is 94.1 cm³/mol. The van der Waals surface area contributed by atoms with E-state index < -0.39 is 0 Å². The Balaban J connectivity index is 1.54. The summed E-state index contributed by atoms with van der Waals surface area (Å²) in [4.78, 5) is 14.2. The van der Waals surface area contributed by atoms with Gasteiger partial charge in [0.1, 0.15) is 6.10 Å². The highest BCUT2D eigenvalue weighted by Crippen LogP contribution is 2.19. The highest BCUT2D eigenvalue weighted by atomic mass is 16.5. The second kappa shape index (κ2) is 7.38. The first-order valence-corrected chi connectivity index (χ1v) is 8.22. The van der Waals surface area contributed by atoms with Crippen molar-refractivity contribution in [2.24, 2.45) is 0 Å². The van der Waals surface area contributed by atoms with Gasteiger partial charge in [-0.05, 0) is 37.1 Å². The van der Waals surface area contributed by atoms with Gasteiger partial charge < -0.3 is 19.7 Å². The summed E-state index contributed by atoms with van der Waals surface area (Å²) in [7, 11) is 1.54. The predicted octanol–water partition coefficient (Wildman–Crippen LogP) is 2.79. The smallest absolute Gasteiger partial charge is 0.321 e. The van der Waals surface area contributed by atoms with E-state index in [1.807, 2.05) is 32.0 Å². The maximum atomic E-state index is 12.4. The number of hydrogen-bond donors (Lipinski definition) is 1. The molecule has 1 fully saturated rings. The van der Waals surface area contributed by atoms with Crippen molar-refractivity contribution in [3.63, 3.8) is 0 Å². The maximum absolute atomic E-state index is 12.4. The third-order valence-corrected chi connectivity index (χ3v) is 4.30. The molecule has 0 spiro atoms. The zero-order chi connectivity index (χ0) is 17.8. The van der Waals surface area contributed by atoms with Crippen LogP contribution in [-0.2, 0) is 0 Å². The highest BCUT2D eigenvalue weighted by Gasteiger charge is 2.28. The number of rotatable bonds is 4. The number of urea groups is 1. The number of hydrogen-bond acceptors (Lipinski definition) is 5. The van der Waals surface area contributed by atoms with E-state index in [0.29, 0.717) is 24.8 Å². The van der Waals surface area contributed by atoms with Crippen molar-refractivity contribution in [3.8, 4) is 11.8 Å². The van der Waals surface area contributed by atoms with E-state index in [1.54, 1.807) is 17.0 Å². The number of nitrogens with one attached hydrogen (secondary N) is 1. The minimum atomic E-state index is -0.116. The molecule has 1 N–H and O–H groups in total. The Labute approximate surface area is 147 Å². The fraction of sp³-hybridized carbons (Fsp3) is 0.389. The van der Waals surface area contributed by atoms with Crippen molar-refractivity contribution < 1.29 is 14.3 Å². The summed E-state index contributed by atoms with van der Waals surface area (Å²) in [6, 6.07) is 9.19. The van der Waals surface area contributed by atoms with Crippen molar-refractivity contribution in [2.75, 3.05) is 25.5 Å². The van der Waals surface area contributed by atoms with Crippen LogP contribution in [0.4, 0.5) is 10.5 Å². The average Bonchev–Trinajstić information content (AvgIpc) is 3.07. The molecule has 0 aliphatic carbocycles. The Hall–Kier alpha value is -2.83. The third-order valence-electron chi connectivity index (χ3n) is 4.30. The van der Waals surface area contributed by atoms with E-state index >= 15 is 0 Å². The van der Waals surface area contributed by atoms with Crippen molar-refractivity contribution in [2.45, 2.75) is 26.4 Å². The number of benzene rings is 1. The molecular formula is C18H22N4O3. The van der Waals surface area contributed by atoms with Crippen LogP contribution < -0.4 is 14.8 Å². The lowest BCUT2D eigenvalue weighted by molar-refractivity contribution is 0.188. The minimum absolute atomic E-state index is 0.0896. The Morgan fingerprint density at radius 3 is 2.60 bits per heavy atom. The lowest BCUT2D eigenvalue weighted by atomic mass is 10.1. The first-order valence-electron chi connectivity index (χ1n) is 8.22. The van der Waals surface area contributed by atoms with Gasteiger partial charge in [-0.1, -0.05) is 6.07 Å². The molecule has 1 aliphatic rings. The summed E-state index contributed by atoms with van der Waals surface area (Å²) in [5.74, 6) is 0.871. The van der Waals surface area contributed by atoms with Crippen LogP contribution in [0, 0.1) is 13.8 Å². The van der Waals surface area contributed by atoms with Gasteiger partial charge in [0.05, 0.1) is 13.7 Å². The van der Waals surface area contributed by atoms with E-state index in [-0.39, 0.29) is 12.1 Å². The molecule has 2 aromatic rings. The molecule has 2 amide bonds. The number of nitrogens with zero attached hydrogens (tertiary/aromatic N) is 3. The van der Waals surface area contributed by atoms with E-state index in [0.717, 1.165) is 17.7 Å². The Bertz CT molecular complexity index is 748. The van der Waals surface area contributed by atoms with Crippen LogP contribution in [0.25, 0.3) is 0 Å². The first-order chi connectivity index (χ1) is 12.0. The standard InChI is InChI=1S/C18H22N4O3/c1-12-4-5-14(10-13(12)2)19-18(23)22-9-8-15(11-22)25-17-7-6-16(24-3)20-21-17/h4-7,10,15H,8-9,11H2,1-3H3,(H,19,23). The third kappa shape index (κ3) is 4.17. The maximum Gasteiger partial charge on any atom is 0.321 e. The summed E-state index contributed by atoms with van der Waals surface area (Å²) < 4.78 is 10.8. The molecule has 0 radical (unpaired) electrons. The molecule has 0 bridgehead atoms. The molecular weight excluding hydrogens is 320 g/mol. The number of ether oxygens (including phenoxy) is 2. The zero-order valence-electron chi connectivity index (χ0n) is 14.7. The molecule has 3 rings (SSSR count). The van der Waals surface area contributed by atoms with Crippen molar-refractivity contribution in [1.82, 2.24) is 15.1 Å². The van der Waals surface area contributed by atoms with Crippen molar-refractivity contribution in [3.05, 3.63) is 41.5 Å². The average molecular weight is 342 g/mol. The van der Waals surface area contributed by atoms with Crippen LogP contribution in [-0.4, -0.2) is 47.4 Å². The lowest BCUT2D eigenvalue weighted by Crippen LogP contribution is -2.34. The van der Waals surface area contributed by atoms with Gasteiger partial charge in [0.15, 0.2) is 0 Å². The largest absolute Gasteiger partial charge is 0.480 e. The number of methoxy groups -OCH3 is 1. The van der Waals surface area contributed by atoms with Crippen molar-refractivity contribution in [1.29, 1.82) is 0 Å². The SMILES string of the molecule is COc1ccc(OC2CCN(C(=O)Nc3ccc(C)c(C)c3)C2)nn1. The molecule has 132 valence electrons. The Morgan fingerprint density at radius 1 is 1.16 bits per heavy atom. The van der Waals surface area contributed by atoms with Crippen molar-refractivity contribution >= 4 is 11.7 Å². The summed E-state index contributed by atoms with van der Waals surface area (Å²) in [5, 5.41) is 10.8. The molecule has 25 heavy (non-hydrogen) atoms. The lowest BCUT2D eigenvalue weighted by Gasteiger charge is -2.18. The number of aryl methyl sites for hydroxylation is 2. The summed E-state index contributed by atoms with van der Waals surface area (Å²) in [6.07, 6.45) is 0.668. The van der Waals surface area contributed by atoms with Gasteiger partial charge in [0.25, 0.3) is 0 Å². The Morgan fingerprint density at radius 2 is 1.92 bits per heavy atom. The molecule has 1 saturated heterocycles. The van der Waals surface area contributed by atoms with Gasteiger partial charge in [-0.25, -0.2) is 4.79 Å². The fourth-order valence-electron chi connectivity index (χ4n) is 2.68. The number of aromatic nitrogens is 2. The first kappa shape index (κ1) is 17.0. The van der Waals surface area contributed by atoms with Crippen LogP contribution in [0.15, 0.2) is 30.3 Å². The summed E-state index contributed by atoms with van der Waals surface area (Å²) >= 11 is 0. The number of carbonyl (C=O) groups excluding carboxylic acids is 1. The van der Waals surface area contributed by atoms with Gasteiger partial charge in [0, 0.05) is 30.8 Å². The molecule has 2 heterocycles. The molecule has 1 aromatic heterocycles. The van der Waals surface area contributed by atoms with Gasteiger partial charge in [-0.2, -0.15) is 0 Å². The van der Waals surface area contributed by atoms with E-state index in [2.05, 4.69) is 15.5 Å². The molecule has 1 atom stereocenters. The zero-order valence-corrected chi connectivity index (χ0v) is 14.7. The summed E-state index contributed by atoms with van der Waals surface area (Å²) in [6.45, 7) is 5.24.